The van der Waals surface area contributed by atoms with Gasteiger partial charge in [0, 0.05) is 0 Å². The molecule has 0 heterocycles. The molecule has 0 aliphatic carbocycles. The van der Waals surface area contributed by atoms with Gasteiger partial charge in [-0.05, 0) is 17.9 Å². The van der Waals surface area contributed by atoms with Crippen molar-refractivity contribution in [2.24, 2.45) is 5.92 Å². The summed E-state index contributed by atoms with van der Waals surface area (Å²) in [5, 5.41) is 21.2. The van der Waals surface area contributed by atoms with Crippen LogP contribution < -0.4 is 5.32 Å². The lowest BCUT2D eigenvalue weighted by Gasteiger charge is -2.18. The van der Waals surface area contributed by atoms with Crippen LogP contribution in [0, 0.1) is 5.92 Å². The molecule has 0 bridgehead atoms. The zero-order chi connectivity index (χ0) is 14.4. The molecule has 5 heteroatoms. The van der Waals surface area contributed by atoms with Crippen molar-refractivity contribution in [3.05, 3.63) is 35.9 Å². The molecule has 1 aromatic carbocycles. The number of carboxylic acid groups (broad SMARTS) is 1. The van der Waals surface area contributed by atoms with E-state index < -0.39 is 24.0 Å². The minimum atomic E-state index is -1.35. The highest BCUT2D eigenvalue weighted by Crippen LogP contribution is 2.13. The van der Waals surface area contributed by atoms with Crippen LogP contribution in [0.3, 0.4) is 0 Å². The zero-order valence-electron chi connectivity index (χ0n) is 11.0. The van der Waals surface area contributed by atoms with E-state index in [9.17, 15) is 14.7 Å². The number of carbonyl (C=O) groups is 2. The summed E-state index contributed by atoms with van der Waals surface area (Å²) in [5.74, 6) is -1.66. The summed E-state index contributed by atoms with van der Waals surface area (Å²) in [6.07, 6.45) is -1.03. The van der Waals surface area contributed by atoms with E-state index in [0.29, 0.717) is 12.0 Å². The number of rotatable bonds is 6. The Morgan fingerprint density at radius 3 is 2.26 bits per heavy atom. The molecule has 0 saturated heterocycles. The quantitative estimate of drug-likeness (QED) is 0.724. The first kappa shape index (κ1) is 15.2. The van der Waals surface area contributed by atoms with Gasteiger partial charge in [0.25, 0.3) is 5.91 Å². The molecule has 5 nitrogen and oxygen atoms in total. The van der Waals surface area contributed by atoms with Crippen LogP contribution in [-0.2, 0) is 9.59 Å². The van der Waals surface area contributed by atoms with Gasteiger partial charge < -0.3 is 15.5 Å². The second kappa shape index (κ2) is 6.89. The molecule has 3 N–H and O–H groups in total. The SMILES string of the molecule is CC(C)C[C@@H](NC(=O)[C@H](O)c1ccccc1)C(=O)O. The molecular formula is C14H19NO4. The topological polar surface area (TPSA) is 86.6 Å². The van der Waals surface area contributed by atoms with E-state index in [1.54, 1.807) is 30.3 Å². The molecule has 1 amide bonds. The molecular weight excluding hydrogens is 246 g/mol. The Kier molecular flexibility index (Phi) is 5.51. The molecule has 2 atom stereocenters. The van der Waals surface area contributed by atoms with Gasteiger partial charge in [-0.3, -0.25) is 4.79 Å². The van der Waals surface area contributed by atoms with Crippen LogP contribution in [0.1, 0.15) is 31.9 Å². The zero-order valence-corrected chi connectivity index (χ0v) is 11.0. The molecule has 104 valence electrons. The standard InChI is InChI=1S/C14H19NO4/c1-9(2)8-11(14(18)19)15-13(17)12(16)10-6-4-3-5-7-10/h3-7,9,11-12,16H,8H2,1-2H3,(H,15,17)(H,18,19)/t11-,12-/m1/s1. The van der Waals surface area contributed by atoms with Crippen LogP contribution in [0.15, 0.2) is 30.3 Å². The predicted molar refractivity (Wildman–Crippen MR) is 70.4 cm³/mol. The molecule has 0 radical (unpaired) electrons. The third-order valence-corrected chi connectivity index (χ3v) is 2.69. The van der Waals surface area contributed by atoms with Crippen molar-refractivity contribution >= 4 is 11.9 Å². The summed E-state index contributed by atoms with van der Waals surface area (Å²) in [6.45, 7) is 3.74. The van der Waals surface area contributed by atoms with Crippen molar-refractivity contribution in [3.8, 4) is 0 Å². The fourth-order valence-electron chi connectivity index (χ4n) is 1.73. The second-order valence-electron chi connectivity index (χ2n) is 4.84. The first-order chi connectivity index (χ1) is 8.91. The van der Waals surface area contributed by atoms with Crippen LogP contribution in [-0.4, -0.2) is 28.1 Å². The highest BCUT2D eigenvalue weighted by atomic mass is 16.4. The van der Waals surface area contributed by atoms with E-state index in [4.69, 9.17) is 5.11 Å². The Morgan fingerprint density at radius 1 is 1.21 bits per heavy atom. The molecule has 1 rings (SSSR count). The number of aliphatic hydroxyl groups is 1. The van der Waals surface area contributed by atoms with Gasteiger partial charge in [0.1, 0.15) is 6.04 Å². The van der Waals surface area contributed by atoms with Gasteiger partial charge in [0.15, 0.2) is 6.10 Å². The Labute approximate surface area is 112 Å². The molecule has 0 aliphatic rings. The summed E-state index contributed by atoms with van der Waals surface area (Å²) >= 11 is 0. The number of carboxylic acids is 1. The monoisotopic (exact) mass is 265 g/mol. The fraction of sp³-hybridized carbons (Fsp3) is 0.429. The summed E-state index contributed by atoms with van der Waals surface area (Å²) in [5.41, 5.74) is 0.439. The van der Waals surface area contributed by atoms with E-state index in [0.717, 1.165) is 0 Å². The lowest BCUT2D eigenvalue weighted by atomic mass is 10.0. The van der Waals surface area contributed by atoms with Crippen molar-refractivity contribution < 1.29 is 19.8 Å². The predicted octanol–water partition coefficient (Wildman–Crippen LogP) is 1.34. The van der Waals surface area contributed by atoms with Crippen LogP contribution in [0.4, 0.5) is 0 Å². The van der Waals surface area contributed by atoms with Crippen LogP contribution >= 0.6 is 0 Å². The molecule has 19 heavy (non-hydrogen) atoms. The average Bonchev–Trinajstić information content (AvgIpc) is 2.37. The molecule has 0 aliphatic heterocycles. The minimum Gasteiger partial charge on any atom is -0.480 e. The highest BCUT2D eigenvalue weighted by molar-refractivity contribution is 5.86. The van der Waals surface area contributed by atoms with Crippen molar-refractivity contribution in [1.29, 1.82) is 0 Å². The molecule has 0 spiro atoms. The molecule has 0 fully saturated rings. The number of nitrogens with one attached hydrogen (secondary N) is 1. The maximum Gasteiger partial charge on any atom is 0.326 e. The maximum absolute atomic E-state index is 11.8. The number of benzene rings is 1. The number of aliphatic carboxylic acids is 1. The highest BCUT2D eigenvalue weighted by Gasteiger charge is 2.25. The van der Waals surface area contributed by atoms with E-state index in [-0.39, 0.29) is 5.92 Å². The van der Waals surface area contributed by atoms with Gasteiger partial charge in [-0.1, -0.05) is 44.2 Å². The average molecular weight is 265 g/mol. The second-order valence-corrected chi connectivity index (χ2v) is 4.84. The van der Waals surface area contributed by atoms with E-state index in [1.165, 1.54) is 0 Å². The Balaban J connectivity index is 2.69. The van der Waals surface area contributed by atoms with Crippen molar-refractivity contribution in [3.63, 3.8) is 0 Å². The summed E-state index contributed by atoms with van der Waals surface area (Å²) < 4.78 is 0. The smallest absolute Gasteiger partial charge is 0.326 e. The Bertz CT molecular complexity index is 430. The largest absolute Gasteiger partial charge is 0.480 e. The van der Waals surface area contributed by atoms with Gasteiger partial charge in [0.2, 0.25) is 0 Å². The summed E-state index contributed by atoms with van der Waals surface area (Å²) in [7, 11) is 0. The Hall–Kier alpha value is -1.88. The number of hydrogen-bond acceptors (Lipinski definition) is 3. The summed E-state index contributed by atoms with van der Waals surface area (Å²) in [6, 6.07) is 7.42. The third kappa shape index (κ3) is 4.71. The minimum absolute atomic E-state index is 0.135. The number of hydrogen-bond donors (Lipinski definition) is 3. The van der Waals surface area contributed by atoms with Crippen molar-refractivity contribution in [2.45, 2.75) is 32.4 Å². The first-order valence-electron chi connectivity index (χ1n) is 6.18. The molecule has 0 unspecified atom stereocenters. The lowest BCUT2D eigenvalue weighted by molar-refractivity contribution is -0.144. The molecule has 1 aromatic rings. The first-order valence-corrected chi connectivity index (χ1v) is 6.18. The molecule has 0 saturated carbocycles. The van der Waals surface area contributed by atoms with Crippen LogP contribution in [0.2, 0.25) is 0 Å². The normalized spacial score (nSPS) is 13.9. The van der Waals surface area contributed by atoms with Gasteiger partial charge in [-0.25, -0.2) is 4.79 Å². The lowest BCUT2D eigenvalue weighted by Crippen LogP contribution is -2.43. The number of aliphatic hydroxyl groups excluding tert-OH is 1. The van der Waals surface area contributed by atoms with Gasteiger partial charge in [-0.15, -0.1) is 0 Å². The third-order valence-electron chi connectivity index (χ3n) is 2.69. The molecule has 0 aromatic heterocycles. The summed E-state index contributed by atoms with van der Waals surface area (Å²) in [4.78, 5) is 22.8. The van der Waals surface area contributed by atoms with Crippen LogP contribution in [0.5, 0.6) is 0 Å². The van der Waals surface area contributed by atoms with Gasteiger partial charge >= 0.3 is 5.97 Å². The van der Waals surface area contributed by atoms with E-state index in [2.05, 4.69) is 5.32 Å². The van der Waals surface area contributed by atoms with Crippen molar-refractivity contribution in [2.75, 3.05) is 0 Å². The van der Waals surface area contributed by atoms with E-state index in [1.807, 2.05) is 13.8 Å². The number of carbonyl (C=O) groups excluding carboxylic acids is 1. The van der Waals surface area contributed by atoms with Crippen LogP contribution in [0.25, 0.3) is 0 Å². The Morgan fingerprint density at radius 2 is 1.79 bits per heavy atom. The maximum atomic E-state index is 11.8. The van der Waals surface area contributed by atoms with Gasteiger partial charge in [-0.2, -0.15) is 0 Å². The van der Waals surface area contributed by atoms with Crippen molar-refractivity contribution in [1.82, 2.24) is 5.32 Å². The fourth-order valence-corrected chi connectivity index (χ4v) is 1.73. The number of amides is 1. The van der Waals surface area contributed by atoms with Gasteiger partial charge in [0.05, 0.1) is 0 Å². The van der Waals surface area contributed by atoms with E-state index >= 15 is 0 Å².